The third-order valence-electron chi connectivity index (χ3n) is 2.71. The molecule has 0 radical (unpaired) electrons. The lowest BCUT2D eigenvalue weighted by Gasteiger charge is -2.06. The number of furan rings is 1. The van der Waals surface area contributed by atoms with E-state index in [1.165, 1.54) is 6.26 Å². The predicted octanol–water partition coefficient (Wildman–Crippen LogP) is 2.98. The number of rotatable bonds is 4. The van der Waals surface area contributed by atoms with Gasteiger partial charge in [0.2, 0.25) is 0 Å². The predicted molar refractivity (Wildman–Crippen MR) is 77.6 cm³/mol. The van der Waals surface area contributed by atoms with E-state index >= 15 is 0 Å². The van der Waals surface area contributed by atoms with Gasteiger partial charge in [0.1, 0.15) is 5.75 Å². The van der Waals surface area contributed by atoms with Crippen LogP contribution >= 0.6 is 0 Å². The molecule has 2 amide bonds. The molecule has 8 heteroatoms. The van der Waals surface area contributed by atoms with Crippen molar-refractivity contribution in [3.63, 3.8) is 0 Å². The summed E-state index contributed by atoms with van der Waals surface area (Å²) >= 11 is 0. The lowest BCUT2D eigenvalue weighted by Crippen LogP contribution is -2.19. The average Bonchev–Trinajstić information content (AvgIpc) is 3.18. The largest absolute Gasteiger partial charge is 0.497 e. The van der Waals surface area contributed by atoms with Gasteiger partial charge in [0.15, 0.2) is 5.76 Å². The summed E-state index contributed by atoms with van der Waals surface area (Å²) in [5, 5.41) is 12.6. The summed E-state index contributed by atoms with van der Waals surface area (Å²) in [6.07, 6.45) is 1.49. The summed E-state index contributed by atoms with van der Waals surface area (Å²) < 4.78 is 15.5. The number of urea groups is 1. The molecule has 0 saturated heterocycles. The SMILES string of the molecule is COc1cccc(NC(=O)Nc2nnc(-c3ccco3)o2)c1. The molecule has 2 aromatic heterocycles. The fourth-order valence-electron chi connectivity index (χ4n) is 1.73. The minimum absolute atomic E-state index is 0.0354. The van der Waals surface area contributed by atoms with E-state index in [1.807, 2.05) is 0 Å². The van der Waals surface area contributed by atoms with Gasteiger partial charge in [-0.1, -0.05) is 11.2 Å². The molecule has 0 fully saturated rings. The van der Waals surface area contributed by atoms with E-state index in [4.69, 9.17) is 13.6 Å². The number of benzene rings is 1. The Morgan fingerprint density at radius 2 is 2.09 bits per heavy atom. The number of methoxy groups -OCH3 is 1. The molecule has 0 aliphatic carbocycles. The third kappa shape index (κ3) is 3.06. The van der Waals surface area contributed by atoms with E-state index < -0.39 is 6.03 Å². The van der Waals surface area contributed by atoms with Crippen LogP contribution in [0.25, 0.3) is 11.7 Å². The van der Waals surface area contributed by atoms with Gasteiger partial charge >= 0.3 is 12.0 Å². The second kappa shape index (κ2) is 6.00. The Kier molecular flexibility index (Phi) is 3.73. The minimum Gasteiger partial charge on any atom is -0.497 e. The van der Waals surface area contributed by atoms with Crippen molar-refractivity contribution in [2.45, 2.75) is 0 Å². The molecule has 0 aliphatic rings. The zero-order valence-corrected chi connectivity index (χ0v) is 11.6. The van der Waals surface area contributed by atoms with Gasteiger partial charge in [0, 0.05) is 11.8 Å². The summed E-state index contributed by atoms with van der Waals surface area (Å²) in [6.45, 7) is 0. The monoisotopic (exact) mass is 300 g/mol. The molecule has 1 aromatic carbocycles. The number of ether oxygens (including phenoxy) is 1. The van der Waals surface area contributed by atoms with Crippen LogP contribution in [0.5, 0.6) is 5.75 Å². The lowest BCUT2D eigenvalue weighted by atomic mass is 10.3. The van der Waals surface area contributed by atoms with Crippen LogP contribution in [0.3, 0.4) is 0 Å². The summed E-state index contributed by atoms with van der Waals surface area (Å²) in [5.74, 6) is 1.24. The quantitative estimate of drug-likeness (QED) is 0.768. The van der Waals surface area contributed by atoms with E-state index in [1.54, 1.807) is 43.5 Å². The molecule has 2 N–H and O–H groups in total. The molecular weight excluding hydrogens is 288 g/mol. The second-order valence-corrected chi connectivity index (χ2v) is 4.20. The van der Waals surface area contributed by atoms with Crippen LogP contribution in [0.1, 0.15) is 0 Å². The van der Waals surface area contributed by atoms with Crippen LogP contribution in [0.15, 0.2) is 51.5 Å². The number of nitrogens with one attached hydrogen (secondary N) is 2. The van der Waals surface area contributed by atoms with Crippen LogP contribution in [0.4, 0.5) is 16.5 Å². The summed E-state index contributed by atoms with van der Waals surface area (Å²) in [5.41, 5.74) is 0.572. The lowest BCUT2D eigenvalue weighted by molar-refractivity contribution is 0.261. The van der Waals surface area contributed by atoms with Crippen molar-refractivity contribution < 1.29 is 18.4 Å². The second-order valence-electron chi connectivity index (χ2n) is 4.20. The van der Waals surface area contributed by atoms with Gasteiger partial charge in [0.25, 0.3) is 5.89 Å². The number of aromatic nitrogens is 2. The van der Waals surface area contributed by atoms with Gasteiger partial charge < -0.3 is 18.9 Å². The smallest absolute Gasteiger partial charge is 0.327 e. The fourth-order valence-corrected chi connectivity index (χ4v) is 1.73. The average molecular weight is 300 g/mol. The van der Waals surface area contributed by atoms with E-state index in [0.717, 1.165) is 0 Å². The Morgan fingerprint density at radius 1 is 1.18 bits per heavy atom. The molecule has 22 heavy (non-hydrogen) atoms. The normalized spacial score (nSPS) is 10.2. The number of hydrogen-bond acceptors (Lipinski definition) is 6. The molecular formula is C14H12N4O4. The van der Waals surface area contributed by atoms with Gasteiger partial charge in [-0.05, 0) is 24.3 Å². The van der Waals surface area contributed by atoms with Crippen molar-refractivity contribution in [1.29, 1.82) is 0 Å². The van der Waals surface area contributed by atoms with Gasteiger partial charge in [-0.15, -0.1) is 5.10 Å². The number of hydrogen-bond donors (Lipinski definition) is 2. The van der Waals surface area contributed by atoms with Crippen molar-refractivity contribution in [3.8, 4) is 17.4 Å². The molecule has 2 heterocycles. The number of amides is 2. The van der Waals surface area contributed by atoms with Crippen molar-refractivity contribution in [3.05, 3.63) is 42.7 Å². The molecule has 0 aliphatic heterocycles. The molecule has 0 atom stereocenters. The first-order valence-electron chi connectivity index (χ1n) is 6.34. The zero-order valence-electron chi connectivity index (χ0n) is 11.6. The topological polar surface area (TPSA) is 102 Å². The Balaban J connectivity index is 1.64. The van der Waals surface area contributed by atoms with Crippen LogP contribution in [0, 0.1) is 0 Å². The van der Waals surface area contributed by atoms with Gasteiger partial charge in [-0.3, -0.25) is 5.32 Å². The number of carbonyl (C=O) groups is 1. The van der Waals surface area contributed by atoms with E-state index in [9.17, 15) is 4.79 Å². The van der Waals surface area contributed by atoms with Gasteiger partial charge in [0.05, 0.1) is 13.4 Å². The van der Waals surface area contributed by atoms with E-state index in [-0.39, 0.29) is 11.9 Å². The number of nitrogens with zero attached hydrogens (tertiary/aromatic N) is 2. The highest BCUT2D eigenvalue weighted by atomic mass is 16.5. The maximum absolute atomic E-state index is 11.9. The van der Waals surface area contributed by atoms with Gasteiger partial charge in [-0.25, -0.2) is 4.79 Å². The van der Waals surface area contributed by atoms with E-state index in [2.05, 4.69) is 20.8 Å². The molecule has 112 valence electrons. The van der Waals surface area contributed by atoms with Gasteiger partial charge in [-0.2, -0.15) is 0 Å². The highest BCUT2D eigenvalue weighted by molar-refractivity contribution is 5.98. The Hall–Kier alpha value is -3.29. The standard InChI is InChI=1S/C14H12N4O4/c1-20-10-5-2-4-9(8-10)15-13(19)16-14-18-17-12(22-14)11-6-3-7-21-11/h2-8H,1H3,(H2,15,16,18,19). The summed E-state index contributed by atoms with van der Waals surface area (Å²) in [4.78, 5) is 11.9. The molecule has 0 bridgehead atoms. The fraction of sp³-hybridized carbons (Fsp3) is 0.0714. The first-order chi connectivity index (χ1) is 10.7. The number of anilines is 2. The highest BCUT2D eigenvalue weighted by Gasteiger charge is 2.13. The molecule has 0 saturated carbocycles. The Labute approximate surface area is 125 Å². The maximum atomic E-state index is 11.9. The molecule has 3 rings (SSSR count). The Morgan fingerprint density at radius 3 is 2.86 bits per heavy atom. The first kappa shape index (κ1) is 13.7. The highest BCUT2D eigenvalue weighted by Crippen LogP contribution is 2.20. The van der Waals surface area contributed by atoms with Crippen LogP contribution < -0.4 is 15.4 Å². The van der Waals surface area contributed by atoms with Crippen molar-refractivity contribution in [2.75, 3.05) is 17.7 Å². The van der Waals surface area contributed by atoms with Crippen molar-refractivity contribution in [1.82, 2.24) is 10.2 Å². The zero-order chi connectivity index (χ0) is 15.4. The van der Waals surface area contributed by atoms with Crippen LogP contribution in [-0.2, 0) is 0 Å². The van der Waals surface area contributed by atoms with Crippen LogP contribution in [-0.4, -0.2) is 23.3 Å². The van der Waals surface area contributed by atoms with Crippen molar-refractivity contribution >= 4 is 17.7 Å². The number of carbonyl (C=O) groups excluding carboxylic acids is 1. The third-order valence-corrected chi connectivity index (χ3v) is 2.71. The maximum Gasteiger partial charge on any atom is 0.327 e. The van der Waals surface area contributed by atoms with Crippen LogP contribution in [0.2, 0.25) is 0 Å². The Bertz CT molecular complexity index is 767. The molecule has 0 spiro atoms. The van der Waals surface area contributed by atoms with Crippen molar-refractivity contribution in [2.24, 2.45) is 0 Å². The minimum atomic E-state index is -0.511. The summed E-state index contributed by atoms with van der Waals surface area (Å²) in [6, 6.07) is 9.77. The van der Waals surface area contributed by atoms with E-state index in [0.29, 0.717) is 17.2 Å². The molecule has 3 aromatic rings. The molecule has 0 unspecified atom stereocenters. The summed E-state index contributed by atoms with van der Waals surface area (Å²) in [7, 11) is 1.55. The molecule has 8 nitrogen and oxygen atoms in total. The first-order valence-corrected chi connectivity index (χ1v) is 6.34.